The summed E-state index contributed by atoms with van der Waals surface area (Å²) >= 11 is 1.30. The van der Waals surface area contributed by atoms with E-state index in [1.165, 1.54) is 15.9 Å². The van der Waals surface area contributed by atoms with E-state index in [-0.39, 0.29) is 11.7 Å². The van der Waals surface area contributed by atoms with E-state index in [0.29, 0.717) is 15.3 Å². The fraction of sp³-hybridized carbons (Fsp3) is 0.161. The average molecular weight is 550 g/mol. The van der Waals surface area contributed by atoms with Crippen LogP contribution in [0.2, 0.25) is 0 Å². The van der Waals surface area contributed by atoms with Gasteiger partial charge in [0.2, 0.25) is 4.96 Å². The number of thiazole rings is 1. The Bertz CT molecular complexity index is 1920. The summed E-state index contributed by atoms with van der Waals surface area (Å²) in [5, 5.41) is 9.40. The van der Waals surface area contributed by atoms with Gasteiger partial charge in [-0.05, 0) is 87.0 Å². The van der Waals surface area contributed by atoms with Gasteiger partial charge in [-0.3, -0.25) is 4.79 Å². The number of hydrogen-bond acceptors (Lipinski definition) is 7. The van der Waals surface area contributed by atoms with Crippen molar-refractivity contribution < 1.29 is 9.47 Å². The predicted molar refractivity (Wildman–Crippen MR) is 157 cm³/mol. The zero-order valence-corrected chi connectivity index (χ0v) is 23.3. The van der Waals surface area contributed by atoms with Crippen molar-refractivity contribution in [2.75, 3.05) is 7.11 Å². The summed E-state index contributed by atoms with van der Waals surface area (Å²) in [5.74, 6) is 2.08. The molecule has 40 heavy (non-hydrogen) atoms. The Morgan fingerprint density at radius 3 is 2.38 bits per heavy atom. The van der Waals surface area contributed by atoms with Gasteiger partial charge in [0.15, 0.2) is 5.82 Å². The molecule has 0 atom stereocenters. The third-order valence-corrected chi connectivity index (χ3v) is 7.35. The molecule has 0 aliphatic heterocycles. The van der Waals surface area contributed by atoms with Crippen molar-refractivity contribution in [1.82, 2.24) is 24.4 Å². The van der Waals surface area contributed by atoms with Gasteiger partial charge in [-0.25, -0.2) is 4.68 Å². The lowest BCUT2D eigenvalue weighted by atomic mass is 10.0. The number of nitrogens with zero attached hydrogens (tertiary/aromatic N) is 5. The topological polar surface area (TPSA) is 83.5 Å². The van der Waals surface area contributed by atoms with Gasteiger partial charge in [0.05, 0.1) is 23.4 Å². The van der Waals surface area contributed by atoms with Gasteiger partial charge in [-0.1, -0.05) is 29.5 Å². The quantitative estimate of drug-likeness (QED) is 0.268. The standard InChI is InChI=1S/C31H27N5O3S/c1-19(2)39-26-15-12-22(16-20(26)3)28-23(18-35(33-28)24-8-6-5-7-9-24)17-27-30(37)36-31(40-27)32-29(34-36)21-10-13-25(38-4)14-11-21/h5-19H,1-4H3. The van der Waals surface area contributed by atoms with Gasteiger partial charge in [0.1, 0.15) is 17.2 Å². The number of rotatable bonds is 7. The molecule has 3 heterocycles. The molecule has 3 aromatic carbocycles. The van der Waals surface area contributed by atoms with Gasteiger partial charge in [-0.2, -0.15) is 14.6 Å². The van der Waals surface area contributed by atoms with Crippen molar-refractivity contribution in [1.29, 1.82) is 0 Å². The van der Waals surface area contributed by atoms with E-state index in [1.54, 1.807) is 7.11 Å². The molecular formula is C31H27N5O3S. The molecule has 3 aromatic heterocycles. The first-order chi connectivity index (χ1) is 19.4. The third kappa shape index (κ3) is 4.87. The first-order valence-electron chi connectivity index (χ1n) is 12.9. The van der Waals surface area contributed by atoms with Gasteiger partial charge in [-0.15, -0.1) is 5.10 Å². The molecule has 0 spiro atoms. The Labute approximate surface area is 234 Å². The molecule has 6 aromatic rings. The predicted octanol–water partition coefficient (Wildman–Crippen LogP) is 5.32. The highest BCUT2D eigenvalue weighted by molar-refractivity contribution is 7.15. The molecule has 6 rings (SSSR count). The second-order valence-corrected chi connectivity index (χ2v) is 10.6. The minimum Gasteiger partial charge on any atom is -0.497 e. The van der Waals surface area contributed by atoms with Gasteiger partial charge in [0, 0.05) is 22.9 Å². The molecule has 0 unspecified atom stereocenters. The second-order valence-electron chi connectivity index (χ2n) is 9.63. The van der Waals surface area contributed by atoms with Crippen LogP contribution in [-0.4, -0.2) is 37.6 Å². The van der Waals surface area contributed by atoms with Crippen LogP contribution in [0.4, 0.5) is 0 Å². The summed E-state index contributed by atoms with van der Waals surface area (Å²) in [7, 11) is 1.62. The summed E-state index contributed by atoms with van der Waals surface area (Å²) in [4.78, 5) is 18.5. The summed E-state index contributed by atoms with van der Waals surface area (Å²) in [5.41, 5.74) is 5.05. The number of aryl methyl sites for hydroxylation is 1. The van der Waals surface area contributed by atoms with Crippen molar-refractivity contribution in [2.45, 2.75) is 26.9 Å². The van der Waals surface area contributed by atoms with E-state index in [0.717, 1.165) is 45.1 Å². The SMILES string of the molecule is COc1ccc(-c2nc3sc(=Cc4cn(-c5ccccc5)nc4-c4ccc(OC(C)C)c(C)c4)c(=O)n3n2)cc1. The molecular weight excluding hydrogens is 522 g/mol. The summed E-state index contributed by atoms with van der Waals surface area (Å²) < 4.78 is 14.9. The Morgan fingerprint density at radius 1 is 0.950 bits per heavy atom. The molecule has 8 nitrogen and oxygen atoms in total. The summed E-state index contributed by atoms with van der Waals surface area (Å²) in [6.45, 7) is 6.04. The Hall–Kier alpha value is -4.76. The van der Waals surface area contributed by atoms with Crippen LogP contribution in [0.15, 0.2) is 83.8 Å². The number of aromatic nitrogens is 5. The van der Waals surface area contributed by atoms with Crippen LogP contribution in [0.3, 0.4) is 0 Å². The lowest BCUT2D eigenvalue weighted by Crippen LogP contribution is -2.23. The second kappa shape index (κ2) is 10.4. The normalized spacial score (nSPS) is 12.0. The van der Waals surface area contributed by atoms with Crippen LogP contribution in [0.25, 0.3) is 39.4 Å². The molecule has 0 fully saturated rings. The third-order valence-electron chi connectivity index (χ3n) is 6.39. The largest absolute Gasteiger partial charge is 0.497 e. The highest BCUT2D eigenvalue weighted by Crippen LogP contribution is 2.29. The average Bonchev–Trinajstić information content (AvgIpc) is 3.65. The number of methoxy groups -OCH3 is 1. The van der Waals surface area contributed by atoms with Crippen molar-refractivity contribution in [3.63, 3.8) is 0 Å². The Morgan fingerprint density at radius 2 is 1.70 bits per heavy atom. The van der Waals surface area contributed by atoms with Crippen LogP contribution in [0.5, 0.6) is 11.5 Å². The molecule has 0 amide bonds. The lowest BCUT2D eigenvalue weighted by molar-refractivity contribution is 0.241. The van der Waals surface area contributed by atoms with E-state index < -0.39 is 0 Å². The molecule has 0 aliphatic rings. The Balaban J connectivity index is 1.44. The van der Waals surface area contributed by atoms with Crippen molar-refractivity contribution in [2.24, 2.45) is 0 Å². The molecule has 0 aliphatic carbocycles. The summed E-state index contributed by atoms with van der Waals surface area (Å²) in [6.07, 6.45) is 3.89. The molecule has 0 saturated heterocycles. The Kier molecular flexibility index (Phi) is 6.65. The minimum absolute atomic E-state index is 0.0813. The maximum Gasteiger partial charge on any atom is 0.291 e. The number of ether oxygens (including phenoxy) is 2. The van der Waals surface area contributed by atoms with Crippen LogP contribution in [0, 0.1) is 6.92 Å². The van der Waals surface area contributed by atoms with Crippen molar-refractivity contribution in [3.05, 3.63) is 105 Å². The van der Waals surface area contributed by atoms with Crippen molar-refractivity contribution >= 4 is 22.4 Å². The van der Waals surface area contributed by atoms with Crippen LogP contribution >= 0.6 is 11.3 Å². The zero-order chi connectivity index (χ0) is 27.8. The van der Waals surface area contributed by atoms with Gasteiger partial charge >= 0.3 is 0 Å². The number of hydrogen-bond donors (Lipinski definition) is 0. The maximum atomic E-state index is 13.4. The first kappa shape index (κ1) is 25.5. The monoisotopic (exact) mass is 549 g/mol. The highest BCUT2D eigenvalue weighted by atomic mass is 32.1. The molecule has 0 radical (unpaired) electrons. The molecule has 0 N–H and O–H groups in total. The van der Waals surface area contributed by atoms with E-state index in [4.69, 9.17) is 14.6 Å². The molecule has 9 heteroatoms. The van der Waals surface area contributed by atoms with Crippen LogP contribution in [0.1, 0.15) is 25.0 Å². The van der Waals surface area contributed by atoms with E-state index >= 15 is 0 Å². The number of para-hydroxylation sites is 1. The van der Waals surface area contributed by atoms with Crippen LogP contribution in [-0.2, 0) is 0 Å². The van der Waals surface area contributed by atoms with Gasteiger partial charge < -0.3 is 9.47 Å². The van der Waals surface area contributed by atoms with E-state index in [2.05, 4.69) is 16.1 Å². The van der Waals surface area contributed by atoms with E-state index in [9.17, 15) is 4.79 Å². The fourth-order valence-electron chi connectivity index (χ4n) is 4.45. The smallest absolute Gasteiger partial charge is 0.291 e. The van der Waals surface area contributed by atoms with E-state index in [1.807, 2.05) is 104 Å². The fourth-order valence-corrected chi connectivity index (χ4v) is 5.35. The van der Waals surface area contributed by atoms with Gasteiger partial charge in [0.25, 0.3) is 5.56 Å². The molecule has 0 saturated carbocycles. The first-order valence-corrected chi connectivity index (χ1v) is 13.7. The summed E-state index contributed by atoms with van der Waals surface area (Å²) in [6, 6.07) is 23.4. The number of fused-ring (bicyclic) bond motifs is 1. The zero-order valence-electron chi connectivity index (χ0n) is 22.5. The molecule has 0 bridgehead atoms. The highest BCUT2D eigenvalue weighted by Gasteiger charge is 2.16. The maximum absolute atomic E-state index is 13.4. The van der Waals surface area contributed by atoms with Crippen molar-refractivity contribution in [3.8, 4) is 39.8 Å². The lowest BCUT2D eigenvalue weighted by Gasteiger charge is -2.13. The molecule has 200 valence electrons. The minimum atomic E-state index is -0.220. The number of benzene rings is 3. The van der Waals surface area contributed by atoms with Crippen LogP contribution < -0.4 is 19.6 Å².